The highest BCUT2D eigenvalue weighted by molar-refractivity contribution is 5.79. The van der Waals surface area contributed by atoms with E-state index < -0.39 is 0 Å². The molecule has 6 nitrogen and oxygen atoms in total. The molecule has 0 aliphatic rings. The molecule has 6 heteroatoms. The van der Waals surface area contributed by atoms with Gasteiger partial charge in [0.15, 0.2) is 0 Å². The zero-order valence-electron chi connectivity index (χ0n) is 13.6. The molecule has 3 rings (SSSR count). The lowest BCUT2D eigenvalue weighted by molar-refractivity contribution is -0.120. The highest BCUT2D eigenvalue weighted by atomic mass is 16.5. The van der Waals surface area contributed by atoms with Crippen LogP contribution in [0.2, 0.25) is 0 Å². The molecule has 122 valence electrons. The van der Waals surface area contributed by atoms with Crippen molar-refractivity contribution < 1.29 is 9.32 Å². The van der Waals surface area contributed by atoms with Gasteiger partial charge >= 0.3 is 0 Å². The van der Waals surface area contributed by atoms with Crippen LogP contribution in [0.3, 0.4) is 0 Å². The van der Waals surface area contributed by atoms with Crippen molar-refractivity contribution in [3.05, 3.63) is 65.4 Å². The predicted octanol–water partition coefficient (Wildman–Crippen LogP) is 2.61. The summed E-state index contributed by atoms with van der Waals surface area (Å²) in [5, 5.41) is 6.73. The average Bonchev–Trinajstić information content (AvgIpc) is 2.93. The fraction of sp³-hybridized carbons (Fsp3) is 0.222. The molecule has 1 amide bonds. The minimum atomic E-state index is -0.0933. The van der Waals surface area contributed by atoms with Gasteiger partial charge in [0, 0.05) is 11.1 Å². The number of hydrogen-bond donors (Lipinski definition) is 1. The molecule has 0 bridgehead atoms. The molecule has 1 N–H and O–H groups in total. The van der Waals surface area contributed by atoms with Crippen LogP contribution in [0.4, 0.5) is 0 Å². The summed E-state index contributed by atoms with van der Waals surface area (Å²) in [6.45, 7) is 3.99. The highest BCUT2D eigenvalue weighted by Gasteiger charge is 2.13. The van der Waals surface area contributed by atoms with E-state index in [0.29, 0.717) is 12.3 Å². The number of aromatic nitrogens is 3. The predicted molar refractivity (Wildman–Crippen MR) is 89.0 cm³/mol. The van der Waals surface area contributed by atoms with Gasteiger partial charge in [-0.25, -0.2) is 9.97 Å². The van der Waals surface area contributed by atoms with Gasteiger partial charge in [-0.05, 0) is 19.9 Å². The summed E-state index contributed by atoms with van der Waals surface area (Å²) in [7, 11) is 0. The third kappa shape index (κ3) is 3.65. The first-order chi connectivity index (χ1) is 11.6. The highest BCUT2D eigenvalue weighted by Crippen LogP contribution is 2.16. The second kappa shape index (κ2) is 7.04. The molecule has 0 unspecified atom stereocenters. The van der Waals surface area contributed by atoms with E-state index in [9.17, 15) is 4.79 Å². The third-order valence-corrected chi connectivity index (χ3v) is 3.78. The van der Waals surface area contributed by atoms with Gasteiger partial charge in [0.05, 0.1) is 30.0 Å². The fourth-order valence-corrected chi connectivity index (χ4v) is 2.43. The number of aryl methyl sites for hydroxylation is 2. The summed E-state index contributed by atoms with van der Waals surface area (Å²) in [6.07, 6.45) is 1.76. The van der Waals surface area contributed by atoms with Gasteiger partial charge in [-0.1, -0.05) is 35.5 Å². The molecule has 1 aromatic carbocycles. The van der Waals surface area contributed by atoms with Crippen molar-refractivity contribution in [2.24, 2.45) is 0 Å². The largest absolute Gasteiger partial charge is 0.361 e. The normalized spacial score (nSPS) is 10.6. The molecule has 24 heavy (non-hydrogen) atoms. The maximum atomic E-state index is 12.1. The van der Waals surface area contributed by atoms with E-state index in [1.807, 2.05) is 43.3 Å². The van der Waals surface area contributed by atoms with Crippen LogP contribution in [0.15, 0.2) is 47.2 Å². The van der Waals surface area contributed by atoms with E-state index in [2.05, 4.69) is 20.4 Å². The summed E-state index contributed by atoms with van der Waals surface area (Å²) in [5.74, 6) is 0.584. The first kappa shape index (κ1) is 15.9. The molecule has 2 aromatic heterocycles. The molecular formula is C18H18N4O2. The first-order valence-electron chi connectivity index (χ1n) is 7.68. The van der Waals surface area contributed by atoms with Gasteiger partial charge in [0.25, 0.3) is 0 Å². The number of benzene rings is 1. The second-order valence-electron chi connectivity index (χ2n) is 5.52. The molecule has 0 fully saturated rings. The van der Waals surface area contributed by atoms with E-state index in [0.717, 1.165) is 28.2 Å². The lowest BCUT2D eigenvalue weighted by Crippen LogP contribution is -2.25. The fourth-order valence-electron chi connectivity index (χ4n) is 2.43. The molecule has 0 aliphatic heterocycles. The maximum absolute atomic E-state index is 12.1. The zero-order valence-corrected chi connectivity index (χ0v) is 13.6. The monoisotopic (exact) mass is 322 g/mol. The van der Waals surface area contributed by atoms with E-state index in [1.165, 1.54) is 6.33 Å². The second-order valence-corrected chi connectivity index (χ2v) is 5.52. The number of carbonyl (C=O) groups excluding carboxylic acids is 1. The van der Waals surface area contributed by atoms with Gasteiger partial charge < -0.3 is 9.84 Å². The van der Waals surface area contributed by atoms with Crippen molar-refractivity contribution in [3.63, 3.8) is 0 Å². The molecule has 3 aromatic rings. The maximum Gasteiger partial charge on any atom is 0.224 e. The van der Waals surface area contributed by atoms with Crippen molar-refractivity contribution in [1.29, 1.82) is 0 Å². The molecule has 0 atom stereocenters. The lowest BCUT2D eigenvalue weighted by Gasteiger charge is -2.06. The SMILES string of the molecule is Cc1noc(C)c1CC(=O)NCc1cc(-c2ccccc2)ncn1. The molecule has 0 radical (unpaired) electrons. The Balaban J connectivity index is 1.64. The molecule has 0 saturated heterocycles. The van der Waals surface area contributed by atoms with Gasteiger partial charge in [0.2, 0.25) is 5.91 Å². The smallest absolute Gasteiger partial charge is 0.224 e. The lowest BCUT2D eigenvalue weighted by atomic mass is 10.1. The Kier molecular flexibility index (Phi) is 4.65. The van der Waals surface area contributed by atoms with Crippen molar-refractivity contribution >= 4 is 5.91 Å². The van der Waals surface area contributed by atoms with Crippen molar-refractivity contribution in [3.8, 4) is 11.3 Å². The number of carbonyl (C=O) groups is 1. The standard InChI is InChI=1S/C18H18N4O2/c1-12-16(13(2)24-22-12)9-18(23)19-10-15-8-17(21-11-20-15)14-6-4-3-5-7-14/h3-8,11H,9-10H2,1-2H3,(H,19,23). The third-order valence-electron chi connectivity index (χ3n) is 3.78. The summed E-state index contributed by atoms with van der Waals surface area (Å²) in [4.78, 5) is 20.6. The van der Waals surface area contributed by atoms with Crippen LogP contribution in [-0.4, -0.2) is 21.0 Å². The van der Waals surface area contributed by atoms with Gasteiger partial charge in [0.1, 0.15) is 12.1 Å². The van der Waals surface area contributed by atoms with Crippen LogP contribution in [0.5, 0.6) is 0 Å². The summed E-state index contributed by atoms with van der Waals surface area (Å²) in [6, 6.07) is 11.7. The van der Waals surface area contributed by atoms with Gasteiger partial charge in [-0.2, -0.15) is 0 Å². The summed E-state index contributed by atoms with van der Waals surface area (Å²) in [5.41, 5.74) is 4.19. The van der Waals surface area contributed by atoms with Gasteiger partial charge in [-0.15, -0.1) is 0 Å². The molecule has 2 heterocycles. The summed E-state index contributed by atoms with van der Waals surface area (Å²) < 4.78 is 5.07. The van der Waals surface area contributed by atoms with E-state index in [-0.39, 0.29) is 12.3 Å². The van der Waals surface area contributed by atoms with Crippen LogP contribution >= 0.6 is 0 Å². The summed E-state index contributed by atoms with van der Waals surface area (Å²) >= 11 is 0. The Morgan fingerprint density at radius 1 is 1.17 bits per heavy atom. The van der Waals surface area contributed by atoms with Gasteiger partial charge in [-0.3, -0.25) is 4.79 Å². The Hall–Kier alpha value is -3.02. The Labute approximate surface area is 139 Å². The Morgan fingerprint density at radius 2 is 1.96 bits per heavy atom. The number of amides is 1. The molecule has 0 saturated carbocycles. The quantitative estimate of drug-likeness (QED) is 0.781. The topological polar surface area (TPSA) is 80.9 Å². The zero-order chi connectivity index (χ0) is 16.9. The van der Waals surface area contributed by atoms with Crippen molar-refractivity contribution in [2.45, 2.75) is 26.8 Å². The van der Waals surface area contributed by atoms with Crippen LogP contribution in [0.25, 0.3) is 11.3 Å². The van der Waals surface area contributed by atoms with Crippen LogP contribution in [-0.2, 0) is 17.8 Å². The van der Waals surface area contributed by atoms with Crippen LogP contribution in [0.1, 0.15) is 22.7 Å². The number of rotatable bonds is 5. The first-order valence-corrected chi connectivity index (χ1v) is 7.68. The Morgan fingerprint density at radius 3 is 2.67 bits per heavy atom. The van der Waals surface area contributed by atoms with E-state index in [1.54, 1.807) is 6.92 Å². The minimum Gasteiger partial charge on any atom is -0.361 e. The average molecular weight is 322 g/mol. The van der Waals surface area contributed by atoms with Crippen molar-refractivity contribution in [1.82, 2.24) is 20.4 Å². The number of nitrogens with zero attached hydrogens (tertiary/aromatic N) is 3. The van der Waals surface area contributed by atoms with Crippen LogP contribution < -0.4 is 5.32 Å². The minimum absolute atomic E-state index is 0.0933. The van der Waals surface area contributed by atoms with Crippen LogP contribution in [0, 0.1) is 13.8 Å². The van der Waals surface area contributed by atoms with Crippen molar-refractivity contribution in [2.75, 3.05) is 0 Å². The Bertz CT molecular complexity index is 824. The van der Waals surface area contributed by atoms with E-state index >= 15 is 0 Å². The van der Waals surface area contributed by atoms with E-state index in [4.69, 9.17) is 4.52 Å². The number of hydrogen-bond acceptors (Lipinski definition) is 5. The molecule has 0 aliphatic carbocycles. The molecular weight excluding hydrogens is 304 g/mol. The molecule has 0 spiro atoms. The number of nitrogens with one attached hydrogen (secondary N) is 1.